The lowest BCUT2D eigenvalue weighted by Crippen LogP contribution is -1.95. The van der Waals surface area contributed by atoms with Crippen LogP contribution in [0.15, 0.2) is 119 Å². The molecule has 6 aromatic rings. The fourth-order valence-corrected chi connectivity index (χ4v) is 6.37. The van der Waals surface area contributed by atoms with Crippen molar-refractivity contribution in [3.05, 3.63) is 154 Å². The van der Waals surface area contributed by atoms with Crippen molar-refractivity contribution in [3.63, 3.8) is 0 Å². The quantitative estimate of drug-likeness (QED) is 0.101. The number of benzene rings is 6. The largest absolute Gasteiger partial charge is 0.507 e. The maximum atomic E-state index is 10.1. The second kappa shape index (κ2) is 17.3. The van der Waals surface area contributed by atoms with Gasteiger partial charge in [-0.3, -0.25) is 0 Å². The first-order valence-electron chi connectivity index (χ1n) is 16.3. The average molecular weight is 705 g/mol. The molecule has 7 nitrogen and oxygen atoms in total. The number of aromatic hydroxyl groups is 6. The molecular formula is C43H44O7S. The van der Waals surface area contributed by atoms with E-state index in [9.17, 15) is 30.6 Å². The Morgan fingerprint density at radius 2 is 0.824 bits per heavy atom. The van der Waals surface area contributed by atoms with Crippen LogP contribution >= 0.6 is 11.8 Å². The molecule has 0 radical (unpaired) electrons. The van der Waals surface area contributed by atoms with Gasteiger partial charge in [0, 0.05) is 6.42 Å². The summed E-state index contributed by atoms with van der Waals surface area (Å²) in [4.78, 5) is 1.51. The molecule has 0 unspecified atom stereocenters. The lowest BCUT2D eigenvalue weighted by Gasteiger charge is -2.12. The molecule has 8 heteroatoms. The molecule has 0 amide bonds. The smallest absolute Gasteiger partial charge is 0.169 e. The van der Waals surface area contributed by atoms with E-state index in [1.807, 2.05) is 90.1 Å². The predicted molar refractivity (Wildman–Crippen MR) is 204 cm³/mol. The molecule has 0 saturated heterocycles. The Hall–Kier alpha value is -5.73. The molecule has 0 bridgehead atoms. The van der Waals surface area contributed by atoms with Crippen molar-refractivity contribution in [3.8, 4) is 46.0 Å². The minimum atomic E-state index is 0.0424. The van der Waals surface area contributed by atoms with Crippen LogP contribution in [0.1, 0.15) is 44.5 Å². The van der Waals surface area contributed by atoms with E-state index < -0.39 is 0 Å². The van der Waals surface area contributed by atoms with E-state index in [1.54, 1.807) is 48.5 Å². The summed E-state index contributed by atoms with van der Waals surface area (Å²) < 4.78 is 5.34. The monoisotopic (exact) mass is 704 g/mol. The van der Waals surface area contributed by atoms with Crippen molar-refractivity contribution in [1.82, 2.24) is 0 Å². The third-order valence-electron chi connectivity index (χ3n) is 7.83. The standard InChI is InChI=1S/C17H20O2.C14H14O2S.C12H10O3/c1-10-5-12(3)16(18)14(7-10)9-15-8-11(2)6-13(4)17(15)19;1-9-3-5-11(15)13(7-9)17-14-8-10(2)4-6-12(14)16;13-9-5-1-3-7-11(9)15-12-8-4-2-6-10(12)14/h5-8,18-19H,9H2,1-4H3;3-8,15-16H,1-2H3;1-8,13-14H. The normalized spacial score (nSPS) is 10.4. The van der Waals surface area contributed by atoms with E-state index in [1.165, 1.54) is 23.9 Å². The minimum Gasteiger partial charge on any atom is -0.507 e. The van der Waals surface area contributed by atoms with Gasteiger partial charge in [0.05, 0.1) is 9.79 Å². The van der Waals surface area contributed by atoms with Crippen LogP contribution in [-0.4, -0.2) is 30.6 Å². The van der Waals surface area contributed by atoms with Crippen LogP contribution in [0, 0.1) is 41.5 Å². The van der Waals surface area contributed by atoms with Crippen molar-refractivity contribution in [2.24, 2.45) is 0 Å². The molecule has 0 fully saturated rings. The molecule has 0 aliphatic carbocycles. The van der Waals surface area contributed by atoms with E-state index in [0.717, 1.165) is 54.3 Å². The molecule has 0 aliphatic rings. The second-order valence-electron chi connectivity index (χ2n) is 12.4. The van der Waals surface area contributed by atoms with Crippen molar-refractivity contribution < 1.29 is 35.4 Å². The number of para-hydroxylation sites is 4. The Labute approximate surface area is 303 Å². The van der Waals surface area contributed by atoms with Crippen LogP contribution in [0.25, 0.3) is 0 Å². The molecule has 6 N–H and O–H groups in total. The van der Waals surface area contributed by atoms with Crippen LogP contribution in [0.4, 0.5) is 0 Å². The topological polar surface area (TPSA) is 131 Å². The van der Waals surface area contributed by atoms with E-state index in [4.69, 9.17) is 4.74 Å². The van der Waals surface area contributed by atoms with Crippen LogP contribution < -0.4 is 4.74 Å². The summed E-state index contributed by atoms with van der Waals surface area (Å²) in [6.45, 7) is 11.8. The number of phenols is 6. The number of hydrogen-bond donors (Lipinski definition) is 6. The fourth-order valence-electron chi connectivity index (χ4n) is 5.30. The van der Waals surface area contributed by atoms with Gasteiger partial charge in [-0.15, -0.1) is 0 Å². The molecule has 51 heavy (non-hydrogen) atoms. The molecule has 264 valence electrons. The highest BCUT2D eigenvalue weighted by Crippen LogP contribution is 2.39. The summed E-state index contributed by atoms with van der Waals surface area (Å²) in [5.74, 6) is 1.84. The van der Waals surface area contributed by atoms with Gasteiger partial charge in [0.25, 0.3) is 0 Å². The number of phenolic OH excluding ortho intramolecular Hbond substituents is 6. The van der Waals surface area contributed by atoms with E-state index in [0.29, 0.717) is 29.4 Å². The maximum absolute atomic E-state index is 10.1. The van der Waals surface area contributed by atoms with E-state index in [-0.39, 0.29) is 23.0 Å². The molecule has 0 atom stereocenters. The van der Waals surface area contributed by atoms with Gasteiger partial charge in [0.1, 0.15) is 23.0 Å². The van der Waals surface area contributed by atoms with Gasteiger partial charge in [0.15, 0.2) is 23.0 Å². The van der Waals surface area contributed by atoms with Gasteiger partial charge in [-0.25, -0.2) is 0 Å². The molecule has 0 saturated carbocycles. The van der Waals surface area contributed by atoms with Crippen LogP contribution in [0.3, 0.4) is 0 Å². The first-order valence-corrected chi connectivity index (χ1v) is 17.1. The molecular weight excluding hydrogens is 661 g/mol. The first-order chi connectivity index (χ1) is 24.2. The summed E-state index contributed by atoms with van der Waals surface area (Å²) in [5.41, 5.74) is 7.87. The Morgan fingerprint density at radius 1 is 0.431 bits per heavy atom. The summed E-state index contributed by atoms with van der Waals surface area (Å²) in [7, 11) is 0. The zero-order chi connectivity index (χ0) is 37.2. The van der Waals surface area contributed by atoms with Crippen LogP contribution in [0.2, 0.25) is 0 Å². The van der Waals surface area contributed by atoms with Crippen LogP contribution in [-0.2, 0) is 6.42 Å². The van der Waals surface area contributed by atoms with Gasteiger partial charge >= 0.3 is 0 Å². The predicted octanol–water partition coefficient (Wildman–Crippen LogP) is 10.7. The van der Waals surface area contributed by atoms with Gasteiger partial charge in [0.2, 0.25) is 0 Å². The Kier molecular flexibility index (Phi) is 12.9. The van der Waals surface area contributed by atoms with Crippen LogP contribution in [0.5, 0.6) is 46.0 Å². The fraction of sp³-hybridized carbons (Fsp3) is 0.163. The SMILES string of the molecule is Cc1cc(C)c(O)c(Cc2cc(C)cc(C)c2O)c1.Cc1ccc(O)c(Sc2cc(C)ccc2O)c1.Oc1ccccc1Oc1ccccc1O. The highest BCUT2D eigenvalue weighted by atomic mass is 32.2. The zero-order valence-corrected chi connectivity index (χ0v) is 30.4. The Balaban J connectivity index is 0.000000173. The van der Waals surface area contributed by atoms with Crippen molar-refractivity contribution >= 4 is 11.8 Å². The molecule has 0 aromatic heterocycles. The van der Waals surface area contributed by atoms with Gasteiger partial charge in [-0.1, -0.05) is 83.6 Å². The highest BCUT2D eigenvalue weighted by Gasteiger charge is 2.12. The summed E-state index contributed by atoms with van der Waals surface area (Å²) in [6.07, 6.45) is 0.544. The molecule has 0 heterocycles. The Morgan fingerprint density at radius 3 is 1.22 bits per heavy atom. The maximum Gasteiger partial charge on any atom is 0.169 e. The summed E-state index contributed by atoms with van der Waals surface area (Å²) in [6, 6.07) is 31.9. The zero-order valence-electron chi connectivity index (χ0n) is 29.6. The van der Waals surface area contributed by atoms with Crippen molar-refractivity contribution in [1.29, 1.82) is 0 Å². The van der Waals surface area contributed by atoms with Gasteiger partial charge in [-0.05, 0) is 123 Å². The lowest BCUT2D eigenvalue weighted by molar-refractivity contribution is 0.385. The average Bonchev–Trinajstić information content (AvgIpc) is 3.08. The molecule has 0 aliphatic heterocycles. The van der Waals surface area contributed by atoms with Crippen molar-refractivity contribution in [2.75, 3.05) is 0 Å². The molecule has 0 spiro atoms. The summed E-state index contributed by atoms with van der Waals surface area (Å²) >= 11 is 1.37. The first kappa shape index (κ1) is 38.1. The minimum absolute atomic E-state index is 0.0424. The highest BCUT2D eigenvalue weighted by molar-refractivity contribution is 7.99. The summed E-state index contributed by atoms with van der Waals surface area (Å²) in [5, 5.41) is 58.7. The van der Waals surface area contributed by atoms with Gasteiger partial charge < -0.3 is 35.4 Å². The Bertz CT molecular complexity index is 1980. The van der Waals surface area contributed by atoms with Crippen molar-refractivity contribution in [2.45, 2.75) is 57.8 Å². The number of hydrogen-bond acceptors (Lipinski definition) is 8. The molecule has 6 rings (SSSR count). The third-order valence-corrected chi connectivity index (χ3v) is 8.92. The number of ether oxygens (including phenoxy) is 1. The molecule has 6 aromatic carbocycles. The number of rotatable bonds is 6. The third kappa shape index (κ3) is 10.6. The van der Waals surface area contributed by atoms with E-state index >= 15 is 0 Å². The second-order valence-corrected chi connectivity index (χ2v) is 13.5. The number of aryl methyl sites for hydroxylation is 6. The lowest BCUT2D eigenvalue weighted by atomic mass is 9.96. The van der Waals surface area contributed by atoms with Gasteiger partial charge in [-0.2, -0.15) is 0 Å². The van der Waals surface area contributed by atoms with E-state index in [2.05, 4.69) is 0 Å².